The van der Waals surface area contributed by atoms with Crippen molar-refractivity contribution in [3.8, 4) is 11.5 Å². The zero-order valence-corrected chi connectivity index (χ0v) is 13.3. The molecule has 0 radical (unpaired) electrons. The van der Waals surface area contributed by atoms with Crippen molar-refractivity contribution in [1.29, 1.82) is 0 Å². The quantitative estimate of drug-likeness (QED) is 0.404. The van der Waals surface area contributed by atoms with E-state index in [2.05, 4.69) is 0 Å². The van der Waals surface area contributed by atoms with E-state index < -0.39 is 43.3 Å². The zero-order chi connectivity index (χ0) is 18.6. The van der Waals surface area contributed by atoms with Crippen LogP contribution in [-0.4, -0.2) is 75.9 Å². The van der Waals surface area contributed by atoms with Gasteiger partial charge < -0.3 is 39.7 Å². The number of rotatable bonds is 6. The fourth-order valence-corrected chi connectivity index (χ4v) is 2.35. The van der Waals surface area contributed by atoms with Gasteiger partial charge in [0.2, 0.25) is 6.29 Å². The highest BCUT2D eigenvalue weighted by Gasteiger charge is 2.44. The third-order valence-electron chi connectivity index (χ3n) is 3.70. The Morgan fingerprint density at radius 2 is 1.92 bits per heavy atom. The van der Waals surface area contributed by atoms with Crippen LogP contribution in [0.15, 0.2) is 24.3 Å². The molecular formula is C16H20O9. The van der Waals surface area contributed by atoms with Crippen molar-refractivity contribution < 1.29 is 44.5 Å². The van der Waals surface area contributed by atoms with Crippen LogP contribution in [0.5, 0.6) is 11.5 Å². The highest BCUT2D eigenvalue weighted by Crippen LogP contribution is 2.32. The number of hydrogen-bond donors (Lipinski definition) is 5. The van der Waals surface area contributed by atoms with Crippen molar-refractivity contribution in [2.75, 3.05) is 13.7 Å². The number of aliphatic hydroxyl groups is 4. The Morgan fingerprint density at radius 3 is 2.52 bits per heavy atom. The molecule has 0 saturated carbocycles. The second kappa shape index (κ2) is 8.28. The van der Waals surface area contributed by atoms with Gasteiger partial charge in [-0.2, -0.15) is 0 Å². The van der Waals surface area contributed by atoms with Crippen molar-refractivity contribution in [1.82, 2.24) is 0 Å². The summed E-state index contributed by atoms with van der Waals surface area (Å²) in [6.07, 6.45) is -4.83. The Morgan fingerprint density at radius 1 is 1.20 bits per heavy atom. The lowest BCUT2D eigenvalue weighted by molar-refractivity contribution is -0.277. The molecule has 1 fully saturated rings. The molecule has 0 amide bonds. The van der Waals surface area contributed by atoms with Gasteiger partial charge in [-0.3, -0.25) is 0 Å². The molecule has 5 unspecified atom stereocenters. The van der Waals surface area contributed by atoms with Gasteiger partial charge in [0.05, 0.1) is 13.7 Å². The predicted molar refractivity (Wildman–Crippen MR) is 84.1 cm³/mol. The minimum Gasteiger partial charge on any atom is -0.493 e. The van der Waals surface area contributed by atoms with Crippen molar-refractivity contribution in [2.24, 2.45) is 0 Å². The van der Waals surface area contributed by atoms with Crippen LogP contribution in [0.3, 0.4) is 0 Å². The molecular weight excluding hydrogens is 336 g/mol. The molecule has 1 aliphatic rings. The van der Waals surface area contributed by atoms with E-state index in [1.165, 1.54) is 25.3 Å². The maximum atomic E-state index is 10.6. The lowest BCUT2D eigenvalue weighted by Crippen LogP contribution is -2.60. The van der Waals surface area contributed by atoms with Crippen LogP contribution in [0.25, 0.3) is 6.08 Å². The van der Waals surface area contributed by atoms with Crippen molar-refractivity contribution >= 4 is 12.0 Å². The summed E-state index contributed by atoms with van der Waals surface area (Å²) in [6.45, 7) is -0.580. The number of aliphatic hydroxyl groups excluding tert-OH is 4. The Kier molecular flexibility index (Phi) is 6.34. The van der Waals surface area contributed by atoms with E-state index >= 15 is 0 Å². The average molecular weight is 356 g/mol. The van der Waals surface area contributed by atoms with Gasteiger partial charge in [0.15, 0.2) is 11.5 Å². The topological polar surface area (TPSA) is 146 Å². The van der Waals surface area contributed by atoms with E-state index in [9.17, 15) is 25.2 Å². The summed E-state index contributed by atoms with van der Waals surface area (Å²) < 4.78 is 15.9. The average Bonchev–Trinajstić information content (AvgIpc) is 2.60. The standard InChI is InChI=1S/C16H20O9/c1-23-9-4-2-8(3-5-12(18)19)6-10(9)24-16-15(22)14(21)13(20)11(7-17)25-16/h2-6,11,13-17,20-22H,7H2,1H3,(H,18,19). The van der Waals surface area contributed by atoms with E-state index in [1.54, 1.807) is 6.07 Å². The van der Waals surface area contributed by atoms with E-state index in [-0.39, 0.29) is 11.5 Å². The maximum Gasteiger partial charge on any atom is 0.328 e. The number of ether oxygens (including phenoxy) is 3. The number of methoxy groups -OCH3 is 1. The van der Waals surface area contributed by atoms with Gasteiger partial charge in [0, 0.05) is 6.08 Å². The van der Waals surface area contributed by atoms with Gasteiger partial charge in [0.25, 0.3) is 0 Å². The van der Waals surface area contributed by atoms with Crippen LogP contribution in [0.2, 0.25) is 0 Å². The van der Waals surface area contributed by atoms with Crippen LogP contribution in [-0.2, 0) is 9.53 Å². The number of benzene rings is 1. The molecule has 0 bridgehead atoms. The van der Waals surface area contributed by atoms with Gasteiger partial charge in [-0.15, -0.1) is 0 Å². The predicted octanol–water partition coefficient (Wildman–Crippen LogP) is -1.03. The Labute approximate surface area is 143 Å². The van der Waals surface area contributed by atoms with Crippen molar-refractivity contribution in [3.63, 3.8) is 0 Å². The molecule has 0 aromatic heterocycles. The molecule has 1 aromatic rings. The fourth-order valence-electron chi connectivity index (χ4n) is 2.35. The first-order chi connectivity index (χ1) is 11.9. The summed E-state index contributed by atoms with van der Waals surface area (Å²) in [7, 11) is 1.39. The smallest absolute Gasteiger partial charge is 0.328 e. The summed E-state index contributed by atoms with van der Waals surface area (Å²) in [5.41, 5.74) is 0.489. The van der Waals surface area contributed by atoms with Gasteiger partial charge in [-0.1, -0.05) is 6.07 Å². The Balaban J connectivity index is 2.25. The highest BCUT2D eigenvalue weighted by atomic mass is 16.7. The molecule has 5 N–H and O–H groups in total. The zero-order valence-electron chi connectivity index (χ0n) is 13.3. The van der Waals surface area contributed by atoms with E-state index in [4.69, 9.17) is 19.3 Å². The molecule has 9 heteroatoms. The van der Waals surface area contributed by atoms with Crippen LogP contribution < -0.4 is 9.47 Å². The summed E-state index contributed by atoms with van der Waals surface area (Å²) in [6, 6.07) is 4.58. The van der Waals surface area contributed by atoms with Crippen LogP contribution in [0.4, 0.5) is 0 Å². The molecule has 0 aliphatic carbocycles. The first kappa shape index (κ1) is 19.2. The van der Waals surface area contributed by atoms with Gasteiger partial charge in [-0.25, -0.2) is 4.79 Å². The molecule has 138 valence electrons. The number of carboxylic acid groups (broad SMARTS) is 1. The fraction of sp³-hybridized carbons (Fsp3) is 0.438. The molecule has 1 heterocycles. The lowest BCUT2D eigenvalue weighted by Gasteiger charge is -2.39. The molecule has 1 saturated heterocycles. The highest BCUT2D eigenvalue weighted by molar-refractivity contribution is 5.85. The van der Waals surface area contributed by atoms with Crippen LogP contribution >= 0.6 is 0 Å². The Hall–Kier alpha value is -2.17. The van der Waals surface area contributed by atoms with Crippen LogP contribution in [0, 0.1) is 0 Å². The minimum atomic E-state index is -1.57. The van der Waals surface area contributed by atoms with Gasteiger partial charge in [0.1, 0.15) is 24.4 Å². The lowest BCUT2D eigenvalue weighted by atomic mass is 9.99. The van der Waals surface area contributed by atoms with Gasteiger partial charge >= 0.3 is 5.97 Å². The minimum absolute atomic E-state index is 0.124. The van der Waals surface area contributed by atoms with Crippen molar-refractivity contribution in [2.45, 2.75) is 30.7 Å². The summed E-state index contributed by atoms with van der Waals surface area (Å²) in [5.74, 6) is -0.712. The molecule has 9 nitrogen and oxygen atoms in total. The Bertz CT molecular complexity index is 628. The third-order valence-corrected chi connectivity index (χ3v) is 3.70. The number of hydrogen-bond acceptors (Lipinski definition) is 8. The van der Waals surface area contributed by atoms with Crippen molar-refractivity contribution in [3.05, 3.63) is 29.8 Å². The molecule has 1 aromatic carbocycles. The first-order valence-electron chi connectivity index (χ1n) is 7.43. The third kappa shape index (κ3) is 4.47. The number of carbonyl (C=O) groups is 1. The largest absolute Gasteiger partial charge is 0.493 e. The van der Waals surface area contributed by atoms with E-state index in [0.717, 1.165) is 6.08 Å². The van der Waals surface area contributed by atoms with Gasteiger partial charge in [-0.05, 0) is 23.8 Å². The first-order valence-corrected chi connectivity index (χ1v) is 7.43. The number of carboxylic acids is 1. The summed E-state index contributed by atoms with van der Waals surface area (Å²) in [4.78, 5) is 10.6. The molecule has 5 atom stereocenters. The van der Waals surface area contributed by atoms with E-state index in [0.29, 0.717) is 5.56 Å². The maximum absolute atomic E-state index is 10.6. The molecule has 1 aliphatic heterocycles. The molecule has 25 heavy (non-hydrogen) atoms. The van der Waals surface area contributed by atoms with Crippen LogP contribution in [0.1, 0.15) is 5.56 Å². The van der Waals surface area contributed by atoms with E-state index in [1.807, 2.05) is 0 Å². The molecule has 2 rings (SSSR count). The normalized spacial score (nSPS) is 29.6. The molecule has 0 spiro atoms. The monoisotopic (exact) mass is 356 g/mol. The SMILES string of the molecule is COc1ccc(C=CC(=O)O)cc1OC1OC(CO)C(O)C(O)C1O. The summed E-state index contributed by atoms with van der Waals surface area (Å²) in [5, 5.41) is 47.5. The number of aliphatic carboxylic acids is 1. The summed E-state index contributed by atoms with van der Waals surface area (Å²) >= 11 is 0. The second-order valence-electron chi connectivity index (χ2n) is 5.40. The second-order valence-corrected chi connectivity index (χ2v) is 5.40.